The first-order chi connectivity index (χ1) is 26.8. The van der Waals surface area contributed by atoms with E-state index in [2.05, 4.69) is 185 Å². The molecule has 0 bridgehead atoms. The summed E-state index contributed by atoms with van der Waals surface area (Å²) in [4.78, 5) is 10.8. The fourth-order valence-electron chi connectivity index (χ4n) is 8.27. The van der Waals surface area contributed by atoms with Crippen LogP contribution in [0.2, 0.25) is 0 Å². The lowest BCUT2D eigenvalue weighted by Crippen LogP contribution is -2.04. The van der Waals surface area contributed by atoms with Crippen molar-refractivity contribution in [3.63, 3.8) is 0 Å². The number of benzene rings is 8. The van der Waals surface area contributed by atoms with Gasteiger partial charge in [-0.25, -0.2) is 9.97 Å². The summed E-state index contributed by atoms with van der Waals surface area (Å²) in [6.45, 7) is 0. The van der Waals surface area contributed by atoms with E-state index in [-0.39, 0.29) is 0 Å². The van der Waals surface area contributed by atoms with Crippen molar-refractivity contribution in [2.24, 2.45) is 0 Å². The van der Waals surface area contributed by atoms with Crippen molar-refractivity contribution in [2.45, 2.75) is 0 Å². The molecule has 8 aromatic carbocycles. The highest BCUT2D eigenvalue weighted by molar-refractivity contribution is 6.13. The maximum atomic E-state index is 5.40. The Kier molecular flexibility index (Phi) is 6.82. The van der Waals surface area contributed by atoms with E-state index in [9.17, 15) is 0 Å². The third kappa shape index (κ3) is 4.70. The minimum absolute atomic E-state index is 0.811. The summed E-state index contributed by atoms with van der Waals surface area (Å²) in [6, 6.07) is 69.0. The molecule has 0 aliphatic carbocycles. The molecule has 0 fully saturated rings. The molecule has 54 heavy (non-hydrogen) atoms. The Hall–Kier alpha value is -7.30. The zero-order valence-corrected chi connectivity index (χ0v) is 29.3. The standard InChI is InChI=1S/C50H32N4/c1-3-15-33(16-4-1)37-19-7-8-22-40(37)49-50(52-44-24-12-11-23-43(44)51-49)54-46-26-14-10-21-39(46)42-32-35(28-30-48(42)54)34-27-29-47-41(31-34)38-20-9-13-25-45(38)53(47)36-17-5-2-6-18-36/h1-32H. The van der Waals surface area contributed by atoms with Crippen LogP contribution in [0.5, 0.6) is 0 Å². The highest BCUT2D eigenvalue weighted by Crippen LogP contribution is 2.41. The van der Waals surface area contributed by atoms with Gasteiger partial charge in [0.2, 0.25) is 0 Å². The van der Waals surface area contributed by atoms with Gasteiger partial charge < -0.3 is 4.57 Å². The first kappa shape index (κ1) is 30.3. The molecule has 11 aromatic rings. The Morgan fingerprint density at radius 1 is 0.315 bits per heavy atom. The Bertz CT molecular complexity index is 3210. The molecule has 0 amide bonds. The maximum absolute atomic E-state index is 5.40. The Labute approximate surface area is 311 Å². The molecule has 0 aliphatic heterocycles. The number of aromatic nitrogens is 4. The van der Waals surface area contributed by atoms with Gasteiger partial charge in [-0.15, -0.1) is 0 Å². The Balaban J connectivity index is 1.14. The lowest BCUT2D eigenvalue weighted by Gasteiger charge is -2.16. The van der Waals surface area contributed by atoms with Crippen molar-refractivity contribution in [1.29, 1.82) is 0 Å². The zero-order chi connectivity index (χ0) is 35.6. The van der Waals surface area contributed by atoms with Crippen LogP contribution >= 0.6 is 0 Å². The van der Waals surface area contributed by atoms with Crippen LogP contribution < -0.4 is 0 Å². The van der Waals surface area contributed by atoms with Gasteiger partial charge >= 0.3 is 0 Å². The number of nitrogens with zero attached hydrogens (tertiary/aromatic N) is 4. The Morgan fingerprint density at radius 2 is 0.796 bits per heavy atom. The van der Waals surface area contributed by atoms with E-state index < -0.39 is 0 Å². The number of hydrogen-bond acceptors (Lipinski definition) is 2. The fraction of sp³-hybridized carbons (Fsp3) is 0. The topological polar surface area (TPSA) is 35.6 Å². The minimum atomic E-state index is 0.811. The molecule has 0 saturated carbocycles. The monoisotopic (exact) mass is 688 g/mol. The molecule has 0 unspecified atom stereocenters. The smallest absolute Gasteiger partial charge is 0.165 e. The average molecular weight is 689 g/mol. The van der Waals surface area contributed by atoms with E-state index in [4.69, 9.17) is 9.97 Å². The molecular formula is C50H32N4. The van der Waals surface area contributed by atoms with E-state index in [1.807, 2.05) is 18.2 Å². The van der Waals surface area contributed by atoms with E-state index in [1.165, 1.54) is 43.7 Å². The SMILES string of the molecule is c1ccc(-c2ccccc2-c2nc3ccccc3nc2-n2c3ccccc3c3cc(-c4ccc5c(c4)c4ccccc4n5-c4ccccc4)ccc32)cc1. The predicted octanol–water partition coefficient (Wildman–Crippen LogP) is 12.8. The predicted molar refractivity (Wildman–Crippen MR) is 225 cm³/mol. The summed E-state index contributed by atoms with van der Waals surface area (Å²) in [6.07, 6.45) is 0. The molecular weight excluding hydrogens is 657 g/mol. The van der Waals surface area contributed by atoms with Crippen LogP contribution in [0, 0.1) is 0 Å². The molecule has 0 atom stereocenters. The second-order valence-corrected chi connectivity index (χ2v) is 13.8. The van der Waals surface area contributed by atoms with Crippen molar-refractivity contribution >= 4 is 54.6 Å². The highest BCUT2D eigenvalue weighted by Gasteiger charge is 2.22. The van der Waals surface area contributed by atoms with Gasteiger partial charge in [-0.3, -0.25) is 4.57 Å². The largest absolute Gasteiger partial charge is 0.309 e. The summed E-state index contributed by atoms with van der Waals surface area (Å²) < 4.78 is 4.67. The van der Waals surface area contributed by atoms with Crippen molar-refractivity contribution < 1.29 is 0 Å². The average Bonchev–Trinajstić information content (AvgIpc) is 3.76. The van der Waals surface area contributed by atoms with Gasteiger partial charge in [0.25, 0.3) is 0 Å². The van der Waals surface area contributed by atoms with Gasteiger partial charge in [0.15, 0.2) is 5.82 Å². The van der Waals surface area contributed by atoms with Crippen molar-refractivity contribution in [1.82, 2.24) is 19.1 Å². The summed E-state index contributed by atoms with van der Waals surface area (Å²) in [5.41, 5.74) is 14.0. The number of hydrogen-bond donors (Lipinski definition) is 0. The number of para-hydroxylation sites is 5. The molecule has 0 spiro atoms. The normalized spacial score (nSPS) is 11.7. The summed E-state index contributed by atoms with van der Waals surface area (Å²) in [7, 11) is 0. The molecule has 3 heterocycles. The van der Waals surface area contributed by atoms with E-state index >= 15 is 0 Å². The maximum Gasteiger partial charge on any atom is 0.165 e. The van der Waals surface area contributed by atoms with Gasteiger partial charge in [-0.1, -0.05) is 133 Å². The molecule has 0 N–H and O–H groups in total. The molecule has 4 heteroatoms. The summed E-state index contributed by atoms with van der Waals surface area (Å²) in [5.74, 6) is 0.811. The van der Waals surface area contributed by atoms with Gasteiger partial charge in [0.05, 0.1) is 33.1 Å². The van der Waals surface area contributed by atoms with Crippen LogP contribution in [0.4, 0.5) is 0 Å². The van der Waals surface area contributed by atoms with Crippen LogP contribution in [-0.2, 0) is 0 Å². The lowest BCUT2D eigenvalue weighted by atomic mass is 9.97. The van der Waals surface area contributed by atoms with Crippen LogP contribution in [-0.4, -0.2) is 19.1 Å². The summed E-state index contributed by atoms with van der Waals surface area (Å²) in [5, 5.41) is 4.83. The van der Waals surface area contributed by atoms with Gasteiger partial charge in [0.1, 0.15) is 5.69 Å². The summed E-state index contributed by atoms with van der Waals surface area (Å²) >= 11 is 0. The molecule has 252 valence electrons. The second kappa shape index (κ2) is 12.1. The Morgan fingerprint density at radius 3 is 1.46 bits per heavy atom. The fourth-order valence-corrected chi connectivity index (χ4v) is 8.27. The van der Waals surface area contributed by atoms with Crippen LogP contribution in [0.3, 0.4) is 0 Å². The third-order valence-electron chi connectivity index (χ3n) is 10.7. The lowest BCUT2D eigenvalue weighted by molar-refractivity contribution is 1.08. The van der Waals surface area contributed by atoms with Gasteiger partial charge in [-0.05, 0) is 82.9 Å². The minimum Gasteiger partial charge on any atom is -0.309 e. The first-order valence-corrected chi connectivity index (χ1v) is 18.3. The van der Waals surface area contributed by atoms with Crippen molar-refractivity contribution in [2.75, 3.05) is 0 Å². The molecule has 0 aliphatic rings. The van der Waals surface area contributed by atoms with E-state index in [0.29, 0.717) is 0 Å². The van der Waals surface area contributed by atoms with E-state index in [1.54, 1.807) is 0 Å². The number of fused-ring (bicyclic) bond motifs is 7. The third-order valence-corrected chi connectivity index (χ3v) is 10.7. The van der Waals surface area contributed by atoms with Crippen LogP contribution in [0.25, 0.3) is 99.7 Å². The zero-order valence-electron chi connectivity index (χ0n) is 29.3. The molecule has 4 nitrogen and oxygen atoms in total. The van der Waals surface area contributed by atoms with Gasteiger partial charge in [-0.2, -0.15) is 0 Å². The van der Waals surface area contributed by atoms with Crippen molar-refractivity contribution in [3.8, 4) is 45.0 Å². The van der Waals surface area contributed by atoms with Crippen molar-refractivity contribution in [3.05, 3.63) is 194 Å². The number of rotatable bonds is 5. The quantitative estimate of drug-likeness (QED) is 0.180. The second-order valence-electron chi connectivity index (χ2n) is 13.8. The van der Waals surface area contributed by atoms with Gasteiger partial charge in [0, 0.05) is 32.8 Å². The molecule has 0 radical (unpaired) electrons. The molecule has 3 aromatic heterocycles. The van der Waals surface area contributed by atoms with Crippen LogP contribution in [0.1, 0.15) is 0 Å². The van der Waals surface area contributed by atoms with E-state index in [0.717, 1.165) is 56.0 Å². The molecule has 0 saturated heterocycles. The highest BCUT2D eigenvalue weighted by atomic mass is 15.1. The molecule has 11 rings (SSSR count). The van der Waals surface area contributed by atoms with Crippen LogP contribution in [0.15, 0.2) is 194 Å². The first-order valence-electron chi connectivity index (χ1n) is 18.3.